The Labute approximate surface area is 257 Å². The SMILES string of the molecule is C=CC(=O)N1CCCC(Cn2c(=O)c(C3=CCCC=C3)nc3cnc(Nc4ccc(N5CCN(C)CC5)cc4OC)nc32)C1. The number of anilines is 3. The lowest BCUT2D eigenvalue weighted by molar-refractivity contribution is -0.127. The first-order valence-electron chi connectivity index (χ1n) is 15.4. The van der Waals surface area contributed by atoms with Gasteiger partial charge in [0.25, 0.3) is 5.56 Å². The lowest BCUT2D eigenvalue weighted by atomic mass is 9.97. The number of amides is 1. The van der Waals surface area contributed by atoms with Gasteiger partial charge in [-0.2, -0.15) is 4.98 Å². The van der Waals surface area contributed by atoms with Gasteiger partial charge in [0.2, 0.25) is 11.9 Å². The fraction of sp³-hybridized carbons (Fsp3) is 0.424. The highest BCUT2D eigenvalue weighted by atomic mass is 16.5. The van der Waals surface area contributed by atoms with Crippen molar-refractivity contribution in [2.45, 2.75) is 32.2 Å². The average Bonchev–Trinajstić information content (AvgIpc) is 3.06. The standard InChI is InChI=1S/C33H40N8O3/c1-4-29(42)40-14-8-9-23(21-40)22-41-31-27(35-30(32(41)43)24-10-6-5-7-11-24)20-34-33(37-31)36-26-13-12-25(19-28(26)44-3)39-17-15-38(2)16-18-39/h4,6,10-13,19-20,23H,1,5,7-9,14-18,21-22H2,2-3H3,(H,34,36,37). The lowest BCUT2D eigenvalue weighted by Gasteiger charge is -2.34. The zero-order chi connectivity index (χ0) is 30.6. The summed E-state index contributed by atoms with van der Waals surface area (Å²) in [5.74, 6) is 1.03. The number of carbonyl (C=O) groups is 1. The van der Waals surface area contributed by atoms with Crippen LogP contribution in [-0.4, -0.2) is 88.7 Å². The molecule has 11 heteroatoms. The Hall–Kier alpha value is -4.51. The maximum absolute atomic E-state index is 14.0. The number of nitrogens with one attached hydrogen (secondary N) is 1. The van der Waals surface area contributed by atoms with Crippen LogP contribution in [0.2, 0.25) is 0 Å². The number of carbonyl (C=O) groups excluding carboxylic acids is 1. The number of piperazine rings is 1. The van der Waals surface area contributed by atoms with Crippen molar-refractivity contribution >= 4 is 40.0 Å². The minimum absolute atomic E-state index is 0.0822. The smallest absolute Gasteiger partial charge is 0.278 e. The summed E-state index contributed by atoms with van der Waals surface area (Å²) in [5, 5.41) is 3.31. The summed E-state index contributed by atoms with van der Waals surface area (Å²) in [6, 6.07) is 6.08. The molecule has 1 atom stereocenters. The molecule has 0 bridgehead atoms. The number of methoxy groups -OCH3 is 1. The Bertz CT molecular complexity index is 1670. The summed E-state index contributed by atoms with van der Waals surface area (Å²) in [7, 11) is 3.79. The van der Waals surface area contributed by atoms with Gasteiger partial charge in [-0.25, -0.2) is 9.97 Å². The Morgan fingerprint density at radius 1 is 1.16 bits per heavy atom. The first-order chi connectivity index (χ1) is 21.4. The molecular formula is C33H40N8O3. The molecule has 2 aliphatic heterocycles. The van der Waals surface area contributed by atoms with E-state index in [1.807, 2.05) is 23.1 Å². The maximum Gasteiger partial charge on any atom is 0.278 e. The van der Waals surface area contributed by atoms with Crippen LogP contribution in [0.4, 0.5) is 17.3 Å². The monoisotopic (exact) mass is 596 g/mol. The second kappa shape index (κ2) is 13.0. The summed E-state index contributed by atoms with van der Waals surface area (Å²) < 4.78 is 7.46. The molecule has 2 saturated heterocycles. The topological polar surface area (TPSA) is 109 Å². The highest BCUT2D eigenvalue weighted by molar-refractivity contribution is 5.87. The van der Waals surface area contributed by atoms with Crippen molar-refractivity contribution in [1.29, 1.82) is 0 Å². The van der Waals surface area contributed by atoms with Crippen LogP contribution in [0.15, 0.2) is 60.1 Å². The molecule has 11 nitrogen and oxygen atoms in total. The van der Waals surface area contributed by atoms with E-state index in [4.69, 9.17) is 14.7 Å². The van der Waals surface area contributed by atoms with Crippen LogP contribution in [0.1, 0.15) is 31.4 Å². The average molecular weight is 597 g/mol. The Kier molecular flexibility index (Phi) is 8.74. The molecule has 1 amide bonds. The molecule has 2 fully saturated rings. The van der Waals surface area contributed by atoms with Crippen molar-refractivity contribution in [3.8, 4) is 5.75 Å². The normalized spacial score (nSPS) is 19.1. The molecule has 0 radical (unpaired) electrons. The molecule has 44 heavy (non-hydrogen) atoms. The number of nitrogens with zero attached hydrogens (tertiary/aromatic N) is 7. The molecule has 1 N–H and O–H groups in total. The zero-order valence-electron chi connectivity index (χ0n) is 25.5. The number of piperidine rings is 1. The number of rotatable bonds is 8. The number of hydrogen-bond donors (Lipinski definition) is 1. The van der Waals surface area contributed by atoms with Crippen LogP contribution in [-0.2, 0) is 11.3 Å². The highest BCUT2D eigenvalue weighted by Gasteiger charge is 2.25. The Morgan fingerprint density at radius 2 is 2.00 bits per heavy atom. The summed E-state index contributed by atoms with van der Waals surface area (Å²) in [5.41, 5.74) is 3.85. The Morgan fingerprint density at radius 3 is 2.75 bits per heavy atom. The predicted octanol–water partition coefficient (Wildman–Crippen LogP) is 3.85. The summed E-state index contributed by atoms with van der Waals surface area (Å²) in [6.07, 6.45) is 12.7. The van der Waals surface area contributed by atoms with Gasteiger partial charge in [0, 0.05) is 63.1 Å². The molecule has 230 valence electrons. The van der Waals surface area contributed by atoms with Crippen molar-refractivity contribution < 1.29 is 9.53 Å². The van der Waals surface area contributed by atoms with Gasteiger partial charge in [-0.05, 0) is 56.9 Å². The maximum atomic E-state index is 14.0. The number of aromatic nitrogens is 4. The molecule has 3 aliphatic rings. The van der Waals surface area contributed by atoms with E-state index in [2.05, 4.69) is 51.9 Å². The summed E-state index contributed by atoms with van der Waals surface area (Å²) in [6.45, 7) is 9.27. The van der Waals surface area contributed by atoms with Crippen LogP contribution in [0.5, 0.6) is 5.75 Å². The number of hydrogen-bond acceptors (Lipinski definition) is 9. The first kappa shape index (κ1) is 29.6. The number of allylic oxidation sites excluding steroid dienone is 4. The third-order valence-corrected chi connectivity index (χ3v) is 8.70. The van der Waals surface area contributed by atoms with Gasteiger partial charge >= 0.3 is 0 Å². The van der Waals surface area contributed by atoms with Gasteiger partial charge in [-0.1, -0.05) is 24.8 Å². The molecule has 2 aromatic heterocycles. The quantitative estimate of drug-likeness (QED) is 0.388. The molecular weight excluding hydrogens is 556 g/mol. The van der Waals surface area contributed by atoms with Crippen LogP contribution < -0.4 is 20.5 Å². The number of likely N-dealkylation sites (N-methyl/N-ethyl adjacent to an activating group) is 1. The van der Waals surface area contributed by atoms with Crippen molar-refractivity contribution in [2.75, 3.05) is 63.6 Å². The first-order valence-corrected chi connectivity index (χ1v) is 15.4. The number of benzene rings is 1. The molecule has 3 aromatic rings. The zero-order valence-corrected chi connectivity index (χ0v) is 25.5. The Balaban J connectivity index is 1.34. The second-order valence-electron chi connectivity index (χ2n) is 11.7. The second-order valence-corrected chi connectivity index (χ2v) is 11.7. The fourth-order valence-electron chi connectivity index (χ4n) is 6.21. The van der Waals surface area contributed by atoms with E-state index in [-0.39, 0.29) is 17.4 Å². The predicted molar refractivity (Wildman–Crippen MR) is 173 cm³/mol. The largest absolute Gasteiger partial charge is 0.494 e. The van der Waals surface area contributed by atoms with E-state index in [1.54, 1.807) is 17.9 Å². The molecule has 0 saturated carbocycles. The minimum atomic E-state index is -0.193. The summed E-state index contributed by atoms with van der Waals surface area (Å²) in [4.78, 5) is 47.0. The van der Waals surface area contributed by atoms with E-state index in [1.165, 1.54) is 6.08 Å². The molecule has 4 heterocycles. The molecule has 1 aliphatic carbocycles. The molecule has 6 rings (SSSR count). The van der Waals surface area contributed by atoms with Crippen molar-refractivity contribution in [1.82, 2.24) is 29.3 Å². The van der Waals surface area contributed by atoms with E-state index in [0.29, 0.717) is 48.2 Å². The van der Waals surface area contributed by atoms with E-state index < -0.39 is 0 Å². The van der Waals surface area contributed by atoms with Gasteiger partial charge in [-0.15, -0.1) is 0 Å². The lowest BCUT2D eigenvalue weighted by Crippen LogP contribution is -2.44. The molecule has 1 unspecified atom stereocenters. The summed E-state index contributed by atoms with van der Waals surface area (Å²) >= 11 is 0. The fourth-order valence-corrected chi connectivity index (χ4v) is 6.21. The van der Waals surface area contributed by atoms with Crippen molar-refractivity contribution in [3.05, 3.63) is 71.3 Å². The van der Waals surface area contributed by atoms with Crippen LogP contribution >= 0.6 is 0 Å². The molecule has 0 spiro atoms. The van der Waals surface area contributed by atoms with Crippen LogP contribution in [0.3, 0.4) is 0 Å². The van der Waals surface area contributed by atoms with Crippen LogP contribution in [0, 0.1) is 5.92 Å². The van der Waals surface area contributed by atoms with E-state index in [0.717, 1.165) is 68.8 Å². The minimum Gasteiger partial charge on any atom is -0.494 e. The number of ether oxygens (including phenoxy) is 1. The highest BCUT2D eigenvalue weighted by Crippen LogP contribution is 2.32. The number of fused-ring (bicyclic) bond motifs is 1. The van der Waals surface area contributed by atoms with Gasteiger partial charge in [0.1, 0.15) is 17.0 Å². The van der Waals surface area contributed by atoms with Crippen LogP contribution in [0.25, 0.3) is 16.7 Å². The van der Waals surface area contributed by atoms with Crippen molar-refractivity contribution in [2.24, 2.45) is 5.92 Å². The van der Waals surface area contributed by atoms with Gasteiger partial charge in [-0.3, -0.25) is 14.2 Å². The van der Waals surface area contributed by atoms with Gasteiger partial charge in [0.05, 0.1) is 19.0 Å². The number of likely N-dealkylation sites (tertiary alicyclic amines) is 1. The third-order valence-electron chi connectivity index (χ3n) is 8.70. The molecule has 1 aromatic carbocycles. The third kappa shape index (κ3) is 6.23. The van der Waals surface area contributed by atoms with E-state index >= 15 is 0 Å². The van der Waals surface area contributed by atoms with Crippen molar-refractivity contribution in [3.63, 3.8) is 0 Å². The van der Waals surface area contributed by atoms with Gasteiger partial charge in [0.15, 0.2) is 5.65 Å². The van der Waals surface area contributed by atoms with E-state index in [9.17, 15) is 9.59 Å². The van der Waals surface area contributed by atoms with Gasteiger partial charge < -0.3 is 24.8 Å².